The number of alkyl halides is 3. The van der Waals surface area contributed by atoms with E-state index < -0.39 is 40.8 Å². The van der Waals surface area contributed by atoms with Crippen molar-refractivity contribution in [2.24, 2.45) is 0 Å². The van der Waals surface area contributed by atoms with Gasteiger partial charge in [0.05, 0.1) is 5.39 Å². The fourth-order valence-electron chi connectivity index (χ4n) is 3.63. The van der Waals surface area contributed by atoms with Crippen molar-refractivity contribution < 1.29 is 32.3 Å². The van der Waals surface area contributed by atoms with Crippen molar-refractivity contribution in [3.63, 3.8) is 0 Å². The van der Waals surface area contributed by atoms with E-state index in [0.717, 1.165) is 23.8 Å². The van der Waals surface area contributed by atoms with Gasteiger partial charge in [0.2, 0.25) is 11.4 Å². The van der Waals surface area contributed by atoms with E-state index in [-0.39, 0.29) is 45.1 Å². The summed E-state index contributed by atoms with van der Waals surface area (Å²) in [6.45, 7) is 3.79. The molecular weight excluding hydrogens is 532 g/mol. The molecule has 0 spiro atoms. The summed E-state index contributed by atoms with van der Waals surface area (Å²) in [7, 11) is 0. The Hall–Kier alpha value is -4.40. The van der Waals surface area contributed by atoms with Gasteiger partial charge in [-0.2, -0.15) is 17.6 Å². The van der Waals surface area contributed by atoms with E-state index >= 15 is 4.39 Å². The van der Waals surface area contributed by atoms with Gasteiger partial charge in [-0.25, -0.2) is 24.5 Å². The highest BCUT2D eigenvalue weighted by atomic mass is 32.1. The van der Waals surface area contributed by atoms with Crippen LogP contribution in [0, 0.1) is 5.95 Å². The third-order valence-corrected chi connectivity index (χ3v) is 6.25. The zero-order valence-electron chi connectivity index (χ0n) is 19.7. The van der Waals surface area contributed by atoms with Crippen LogP contribution in [0.25, 0.3) is 32.7 Å². The molecule has 0 aliphatic carbocycles. The molecule has 0 aromatic carbocycles. The fourth-order valence-corrected chi connectivity index (χ4v) is 4.49. The van der Waals surface area contributed by atoms with Gasteiger partial charge >= 0.3 is 18.2 Å². The largest absolute Gasteiger partial charge is 0.477 e. The molecule has 4 heterocycles. The van der Waals surface area contributed by atoms with E-state index in [1.165, 1.54) is 10.6 Å². The lowest BCUT2D eigenvalue weighted by molar-refractivity contribution is -0.140. The number of halogens is 4. The number of carboxylic acid groups (broad SMARTS) is 1. The number of anilines is 1. The number of urea groups is 1. The van der Waals surface area contributed by atoms with Crippen LogP contribution < -0.4 is 16.1 Å². The summed E-state index contributed by atoms with van der Waals surface area (Å²) in [5.74, 6) is -2.63. The fraction of sp³-hybridized carbons (Fsp3) is 0.217. The Morgan fingerprint density at radius 1 is 1.13 bits per heavy atom. The van der Waals surface area contributed by atoms with Crippen molar-refractivity contribution >= 4 is 40.2 Å². The summed E-state index contributed by atoms with van der Waals surface area (Å²) < 4.78 is 56.4. The summed E-state index contributed by atoms with van der Waals surface area (Å²) in [5.41, 5.74) is -3.19. The van der Waals surface area contributed by atoms with Crippen molar-refractivity contribution in [2.75, 3.05) is 11.9 Å². The second-order valence-corrected chi connectivity index (χ2v) is 8.65. The van der Waals surface area contributed by atoms with Gasteiger partial charge in [0, 0.05) is 47.6 Å². The molecule has 4 aromatic heterocycles. The van der Waals surface area contributed by atoms with E-state index in [4.69, 9.17) is 0 Å². The van der Waals surface area contributed by atoms with Gasteiger partial charge < -0.3 is 15.0 Å². The lowest BCUT2D eigenvalue weighted by Gasteiger charge is -2.14. The number of carbonyl (C=O) groups is 2. The highest BCUT2D eigenvalue weighted by molar-refractivity contribution is 7.13. The monoisotopic (exact) mass is 550 g/mol. The molecule has 0 unspecified atom stereocenters. The minimum absolute atomic E-state index is 0.0300. The number of hydrogen-bond donors (Lipinski definition) is 3. The number of thiazole rings is 1. The standard InChI is InChI=1S/C23H18F4N6O4S/c1-3-28-22(37)31-16-6-11(20-30-15(9-38-20)23(25,26)27)13(7-29-16)10-5-12-17(34)14(21(35)36)8-33(4-2)19(12)32-18(10)24/h5-9H,3-4H2,1-2H3,(H,35,36)(H2,28,29,31,37). The Balaban J connectivity index is 1.98. The van der Waals surface area contributed by atoms with Crippen molar-refractivity contribution in [3.8, 4) is 21.7 Å². The molecule has 3 N–H and O–H groups in total. The zero-order chi connectivity index (χ0) is 27.8. The normalized spacial score (nSPS) is 11.5. The molecule has 198 valence electrons. The number of aromatic carboxylic acids is 1. The Morgan fingerprint density at radius 2 is 1.87 bits per heavy atom. The van der Waals surface area contributed by atoms with Crippen molar-refractivity contribution in [2.45, 2.75) is 26.6 Å². The maximum absolute atomic E-state index is 15.4. The number of nitrogens with one attached hydrogen (secondary N) is 2. The van der Waals surface area contributed by atoms with Crippen LogP contribution in [-0.4, -0.2) is 43.2 Å². The minimum atomic E-state index is -4.74. The van der Waals surface area contributed by atoms with Crippen molar-refractivity contribution in [3.05, 3.63) is 57.3 Å². The van der Waals surface area contributed by atoms with Crippen LogP contribution >= 0.6 is 11.3 Å². The number of aryl methyl sites for hydroxylation is 1. The number of carbonyl (C=O) groups excluding carboxylic acids is 1. The number of carboxylic acids is 1. The molecule has 0 aliphatic rings. The quantitative estimate of drug-likeness (QED) is 0.236. The highest BCUT2D eigenvalue weighted by Gasteiger charge is 2.34. The number of aromatic nitrogens is 4. The first-order chi connectivity index (χ1) is 17.9. The van der Waals surface area contributed by atoms with Crippen molar-refractivity contribution in [1.29, 1.82) is 0 Å². The maximum atomic E-state index is 15.4. The Morgan fingerprint density at radius 3 is 2.47 bits per heavy atom. The Bertz CT molecular complexity index is 1630. The van der Waals surface area contributed by atoms with E-state index in [2.05, 4.69) is 25.6 Å². The Labute approximate surface area is 215 Å². The topological polar surface area (TPSA) is 139 Å². The number of hydrogen-bond acceptors (Lipinski definition) is 7. The molecule has 38 heavy (non-hydrogen) atoms. The van der Waals surface area contributed by atoms with Crippen LogP contribution in [0.2, 0.25) is 0 Å². The van der Waals surface area contributed by atoms with E-state index in [1.807, 2.05) is 0 Å². The van der Waals surface area contributed by atoms with Crippen LogP contribution in [-0.2, 0) is 12.7 Å². The van der Waals surface area contributed by atoms with Gasteiger partial charge in [0.25, 0.3) is 0 Å². The second kappa shape index (κ2) is 10.2. The average molecular weight is 550 g/mol. The van der Waals surface area contributed by atoms with E-state index in [0.29, 0.717) is 17.9 Å². The molecular formula is C23H18F4N6O4S. The lowest BCUT2D eigenvalue weighted by Crippen LogP contribution is -2.28. The number of pyridine rings is 3. The smallest absolute Gasteiger partial charge is 0.434 e. The molecule has 0 saturated carbocycles. The average Bonchev–Trinajstić information content (AvgIpc) is 3.35. The van der Waals surface area contributed by atoms with Gasteiger partial charge in [-0.1, -0.05) is 0 Å². The first-order valence-corrected chi connectivity index (χ1v) is 11.9. The van der Waals surface area contributed by atoms with Gasteiger partial charge in [-0.3, -0.25) is 10.1 Å². The van der Waals surface area contributed by atoms with Crippen LogP contribution in [0.15, 0.2) is 34.7 Å². The molecule has 0 radical (unpaired) electrons. The molecule has 4 rings (SSSR count). The predicted molar refractivity (Wildman–Crippen MR) is 131 cm³/mol. The third-order valence-electron chi connectivity index (χ3n) is 5.37. The SMILES string of the molecule is CCNC(=O)Nc1cc(-c2nc(C(F)(F)F)cs2)c(-c2cc3c(=O)c(C(=O)O)cn(CC)c3nc2F)cn1. The molecule has 15 heteroatoms. The van der Waals surface area contributed by atoms with Crippen LogP contribution in [0.3, 0.4) is 0 Å². The van der Waals surface area contributed by atoms with Gasteiger partial charge in [0.1, 0.15) is 22.0 Å². The minimum Gasteiger partial charge on any atom is -0.477 e. The summed E-state index contributed by atoms with van der Waals surface area (Å²) >= 11 is 0.628. The Kier molecular flexibility index (Phi) is 7.13. The summed E-state index contributed by atoms with van der Waals surface area (Å²) in [6.07, 6.45) is -2.59. The summed E-state index contributed by atoms with van der Waals surface area (Å²) in [5, 5.41) is 14.7. The van der Waals surface area contributed by atoms with Gasteiger partial charge in [-0.15, -0.1) is 11.3 Å². The van der Waals surface area contributed by atoms with E-state index in [1.54, 1.807) is 13.8 Å². The van der Waals surface area contributed by atoms with E-state index in [9.17, 15) is 32.7 Å². The van der Waals surface area contributed by atoms with Crippen LogP contribution in [0.4, 0.5) is 28.2 Å². The van der Waals surface area contributed by atoms with Gasteiger partial charge in [-0.05, 0) is 26.0 Å². The molecule has 0 atom stereocenters. The maximum Gasteiger partial charge on any atom is 0.434 e. The summed E-state index contributed by atoms with van der Waals surface area (Å²) in [4.78, 5) is 48.0. The molecule has 0 aliphatic heterocycles. The molecule has 0 bridgehead atoms. The molecule has 0 fully saturated rings. The number of fused-ring (bicyclic) bond motifs is 1. The highest BCUT2D eigenvalue weighted by Crippen LogP contribution is 2.39. The first kappa shape index (κ1) is 26.7. The molecule has 2 amide bonds. The number of rotatable bonds is 6. The molecule has 10 nitrogen and oxygen atoms in total. The predicted octanol–water partition coefficient (Wildman–Crippen LogP) is 4.60. The van der Waals surface area contributed by atoms with Crippen LogP contribution in [0.1, 0.15) is 29.9 Å². The van der Waals surface area contributed by atoms with Crippen molar-refractivity contribution in [1.82, 2.24) is 24.8 Å². The third kappa shape index (κ3) is 5.04. The number of amides is 2. The first-order valence-electron chi connectivity index (χ1n) is 11.0. The van der Waals surface area contributed by atoms with Gasteiger partial charge in [0.15, 0.2) is 5.69 Å². The summed E-state index contributed by atoms with van der Waals surface area (Å²) in [6, 6.07) is 1.66. The zero-order valence-corrected chi connectivity index (χ0v) is 20.5. The second-order valence-electron chi connectivity index (χ2n) is 7.80. The molecule has 4 aromatic rings. The number of nitrogens with zero attached hydrogens (tertiary/aromatic N) is 4. The van der Waals surface area contributed by atoms with Crippen LogP contribution in [0.5, 0.6) is 0 Å². The lowest BCUT2D eigenvalue weighted by atomic mass is 10.0. The molecule has 0 saturated heterocycles.